The molecule has 2 amide bonds. The molecule has 0 radical (unpaired) electrons. The van der Waals surface area contributed by atoms with Crippen molar-refractivity contribution in [2.24, 2.45) is 0 Å². The van der Waals surface area contributed by atoms with E-state index in [9.17, 15) is 9.59 Å². The molecule has 0 aliphatic carbocycles. The van der Waals surface area contributed by atoms with Crippen LogP contribution in [0.4, 0.5) is 0 Å². The fourth-order valence-corrected chi connectivity index (χ4v) is 2.26. The van der Waals surface area contributed by atoms with E-state index in [-0.39, 0.29) is 17.9 Å². The zero-order valence-corrected chi connectivity index (χ0v) is 9.76. The van der Waals surface area contributed by atoms with E-state index in [1.807, 2.05) is 13.1 Å². The predicted molar refractivity (Wildman–Crippen MR) is 60.4 cm³/mol. The van der Waals surface area contributed by atoms with Crippen LogP contribution in [0.15, 0.2) is 6.20 Å². The maximum Gasteiger partial charge on any atom is 0.249 e. The number of hydrogen-bond donors (Lipinski definition) is 2. The Hall–Kier alpha value is -1.43. The van der Waals surface area contributed by atoms with Crippen molar-refractivity contribution >= 4 is 24.0 Å². The van der Waals surface area contributed by atoms with Crippen molar-refractivity contribution in [1.29, 1.82) is 0 Å². The first-order chi connectivity index (χ1) is 7.63. The quantitative estimate of drug-likeness (QED) is 0.599. The molecule has 2 heterocycles. The van der Waals surface area contributed by atoms with Crippen LogP contribution in [0.3, 0.4) is 0 Å². The van der Waals surface area contributed by atoms with Crippen LogP contribution in [0.5, 0.6) is 0 Å². The second-order valence-electron chi connectivity index (χ2n) is 3.78. The van der Waals surface area contributed by atoms with Gasteiger partial charge in [0.25, 0.3) is 0 Å². The van der Waals surface area contributed by atoms with Crippen LogP contribution in [0.2, 0.25) is 0 Å². The minimum Gasteiger partial charge on any atom is -0.337 e. The van der Waals surface area contributed by atoms with Crippen LogP contribution in [0.1, 0.15) is 31.5 Å². The molecule has 2 N–H and O–H groups in total. The SMILES string of the molecule is CCc1c[nH]c(=S)n1C1CCC(=O)NC1=O. The van der Waals surface area contributed by atoms with Gasteiger partial charge >= 0.3 is 0 Å². The van der Waals surface area contributed by atoms with Gasteiger partial charge in [-0.25, -0.2) is 0 Å². The number of nitrogens with one attached hydrogen (secondary N) is 2. The summed E-state index contributed by atoms with van der Waals surface area (Å²) in [5.74, 6) is -0.469. The molecule has 0 saturated carbocycles. The molecule has 6 heteroatoms. The molecule has 1 unspecified atom stereocenters. The molecule has 86 valence electrons. The smallest absolute Gasteiger partial charge is 0.249 e. The lowest BCUT2D eigenvalue weighted by Gasteiger charge is -2.23. The van der Waals surface area contributed by atoms with Gasteiger partial charge in [0.2, 0.25) is 11.8 Å². The van der Waals surface area contributed by atoms with Crippen LogP contribution < -0.4 is 5.32 Å². The molecule has 5 nitrogen and oxygen atoms in total. The maximum atomic E-state index is 11.7. The highest BCUT2D eigenvalue weighted by atomic mass is 32.1. The van der Waals surface area contributed by atoms with Crippen molar-refractivity contribution in [3.8, 4) is 0 Å². The molecule has 1 saturated heterocycles. The molecule has 1 atom stereocenters. The van der Waals surface area contributed by atoms with Gasteiger partial charge in [-0.1, -0.05) is 6.92 Å². The maximum absolute atomic E-state index is 11.7. The molecule has 1 aromatic rings. The van der Waals surface area contributed by atoms with Crippen LogP contribution in [0.25, 0.3) is 0 Å². The first-order valence-corrected chi connectivity index (χ1v) is 5.66. The van der Waals surface area contributed by atoms with E-state index in [1.165, 1.54) is 0 Å². The highest BCUT2D eigenvalue weighted by Crippen LogP contribution is 2.21. The number of imidazole rings is 1. The van der Waals surface area contributed by atoms with Crippen molar-refractivity contribution in [3.05, 3.63) is 16.7 Å². The largest absolute Gasteiger partial charge is 0.337 e. The summed E-state index contributed by atoms with van der Waals surface area (Å²) in [5, 5.41) is 2.34. The monoisotopic (exact) mass is 239 g/mol. The zero-order valence-electron chi connectivity index (χ0n) is 8.95. The number of hydrogen-bond acceptors (Lipinski definition) is 3. The average Bonchev–Trinajstić information content (AvgIpc) is 2.60. The summed E-state index contributed by atoms with van der Waals surface area (Å²) in [6.07, 6.45) is 3.49. The molecular formula is C10H13N3O2S. The van der Waals surface area contributed by atoms with E-state index >= 15 is 0 Å². The minimum absolute atomic E-state index is 0.207. The van der Waals surface area contributed by atoms with Crippen LogP contribution in [0, 0.1) is 4.77 Å². The number of aryl methyl sites for hydroxylation is 1. The third-order valence-electron chi connectivity index (χ3n) is 2.77. The predicted octanol–water partition coefficient (Wildman–Crippen LogP) is 1.09. The van der Waals surface area contributed by atoms with Crippen molar-refractivity contribution in [2.75, 3.05) is 0 Å². The Morgan fingerprint density at radius 3 is 2.94 bits per heavy atom. The van der Waals surface area contributed by atoms with E-state index < -0.39 is 0 Å². The number of nitrogens with zero attached hydrogens (tertiary/aromatic N) is 1. The standard InChI is InChI=1S/C10H13N3O2S/c1-2-6-5-11-10(16)13(6)7-3-4-8(14)12-9(7)15/h5,7H,2-4H2,1H3,(H,11,16)(H,12,14,15). The Labute approximate surface area is 97.9 Å². The first-order valence-electron chi connectivity index (χ1n) is 5.26. The molecule has 1 aliphatic heterocycles. The van der Waals surface area contributed by atoms with Gasteiger partial charge in [-0.05, 0) is 25.1 Å². The number of amides is 2. The van der Waals surface area contributed by atoms with Crippen LogP contribution >= 0.6 is 12.2 Å². The number of imide groups is 1. The van der Waals surface area contributed by atoms with Crippen molar-refractivity contribution in [2.45, 2.75) is 32.2 Å². The summed E-state index contributed by atoms with van der Waals surface area (Å²) in [6, 6.07) is -0.355. The van der Waals surface area contributed by atoms with Gasteiger partial charge in [0.1, 0.15) is 6.04 Å². The van der Waals surface area contributed by atoms with Gasteiger partial charge < -0.3 is 9.55 Å². The van der Waals surface area contributed by atoms with Crippen molar-refractivity contribution in [1.82, 2.24) is 14.9 Å². The third-order valence-corrected chi connectivity index (χ3v) is 3.09. The van der Waals surface area contributed by atoms with E-state index in [0.29, 0.717) is 17.6 Å². The minimum atomic E-state index is -0.355. The molecule has 1 aromatic heterocycles. The Kier molecular flexibility index (Phi) is 2.91. The number of aromatic amines is 1. The summed E-state index contributed by atoms with van der Waals surface area (Å²) in [7, 11) is 0. The molecule has 1 aliphatic rings. The summed E-state index contributed by atoms with van der Waals surface area (Å²) < 4.78 is 2.34. The topological polar surface area (TPSA) is 66.9 Å². The van der Waals surface area contributed by atoms with E-state index in [1.54, 1.807) is 4.57 Å². The molecule has 1 fully saturated rings. The third kappa shape index (κ3) is 1.80. The molecule has 2 rings (SSSR count). The van der Waals surface area contributed by atoms with E-state index in [4.69, 9.17) is 12.2 Å². The van der Waals surface area contributed by atoms with Crippen LogP contribution in [-0.2, 0) is 16.0 Å². The van der Waals surface area contributed by atoms with E-state index in [0.717, 1.165) is 12.1 Å². The molecule has 16 heavy (non-hydrogen) atoms. The lowest BCUT2D eigenvalue weighted by molar-refractivity contribution is -0.135. The molecule has 0 aromatic carbocycles. The van der Waals surface area contributed by atoms with Crippen molar-refractivity contribution in [3.63, 3.8) is 0 Å². The zero-order chi connectivity index (χ0) is 11.7. The lowest BCUT2D eigenvalue weighted by Crippen LogP contribution is -2.42. The van der Waals surface area contributed by atoms with Crippen LogP contribution in [-0.4, -0.2) is 21.4 Å². The Bertz CT molecular complexity index is 488. The Morgan fingerprint density at radius 1 is 1.56 bits per heavy atom. The van der Waals surface area contributed by atoms with Gasteiger partial charge in [-0.3, -0.25) is 14.9 Å². The highest BCUT2D eigenvalue weighted by molar-refractivity contribution is 7.71. The Balaban J connectivity index is 2.37. The number of H-pyrrole nitrogens is 1. The number of piperidine rings is 1. The fourth-order valence-electron chi connectivity index (χ4n) is 1.96. The second kappa shape index (κ2) is 4.21. The first kappa shape index (κ1) is 11.1. The van der Waals surface area contributed by atoms with Gasteiger partial charge in [-0.15, -0.1) is 0 Å². The summed E-state index contributed by atoms with van der Waals surface area (Å²) in [4.78, 5) is 25.7. The number of rotatable bonds is 2. The fraction of sp³-hybridized carbons (Fsp3) is 0.500. The van der Waals surface area contributed by atoms with Gasteiger partial charge in [0.05, 0.1) is 0 Å². The van der Waals surface area contributed by atoms with E-state index in [2.05, 4.69) is 10.3 Å². The number of aromatic nitrogens is 2. The van der Waals surface area contributed by atoms with Gasteiger partial charge in [0.15, 0.2) is 4.77 Å². The summed E-state index contributed by atoms with van der Waals surface area (Å²) >= 11 is 5.14. The van der Waals surface area contributed by atoms with Gasteiger partial charge in [-0.2, -0.15) is 0 Å². The summed E-state index contributed by atoms with van der Waals surface area (Å²) in [6.45, 7) is 2.00. The average molecular weight is 239 g/mol. The second-order valence-corrected chi connectivity index (χ2v) is 4.16. The summed E-state index contributed by atoms with van der Waals surface area (Å²) in [5.41, 5.74) is 0.986. The molecule has 0 spiro atoms. The number of carbonyl (C=O) groups is 2. The number of carbonyl (C=O) groups excluding carboxylic acids is 2. The Morgan fingerprint density at radius 2 is 2.31 bits per heavy atom. The normalized spacial score (nSPS) is 20.9. The molecule has 0 bridgehead atoms. The highest BCUT2D eigenvalue weighted by Gasteiger charge is 2.29. The molecular weight excluding hydrogens is 226 g/mol. The van der Waals surface area contributed by atoms with Crippen molar-refractivity contribution < 1.29 is 9.59 Å². The lowest BCUT2D eigenvalue weighted by atomic mass is 10.1. The van der Waals surface area contributed by atoms with Gasteiger partial charge in [0, 0.05) is 18.3 Å².